The van der Waals surface area contributed by atoms with Crippen LogP contribution in [0.4, 0.5) is 11.5 Å². The van der Waals surface area contributed by atoms with Crippen molar-refractivity contribution in [2.75, 3.05) is 11.1 Å². The summed E-state index contributed by atoms with van der Waals surface area (Å²) in [4.78, 5) is 12.2. The Labute approximate surface area is 126 Å². The highest BCUT2D eigenvalue weighted by Crippen LogP contribution is 2.25. The molecule has 0 aliphatic carbocycles. The van der Waals surface area contributed by atoms with Crippen LogP contribution in [0.25, 0.3) is 0 Å². The Morgan fingerprint density at radius 1 is 1.40 bits per heavy atom. The summed E-state index contributed by atoms with van der Waals surface area (Å²) in [6.07, 6.45) is 0. The van der Waals surface area contributed by atoms with Crippen LogP contribution in [0.2, 0.25) is 0 Å². The summed E-state index contributed by atoms with van der Waals surface area (Å²) in [5, 5.41) is 9.78. The fourth-order valence-corrected chi connectivity index (χ4v) is 2.12. The van der Waals surface area contributed by atoms with Crippen molar-refractivity contribution >= 4 is 33.3 Å². The molecule has 0 spiro atoms. The second-order valence-corrected chi connectivity index (χ2v) is 6.37. The Kier molecular flexibility index (Phi) is 3.85. The zero-order chi connectivity index (χ0) is 14.9. The zero-order valence-corrected chi connectivity index (χ0v) is 13.2. The Balaban J connectivity index is 2.20. The molecule has 1 amide bonds. The molecule has 5 nitrogen and oxygen atoms in total. The number of amides is 1. The van der Waals surface area contributed by atoms with Crippen molar-refractivity contribution in [3.8, 4) is 0 Å². The third kappa shape index (κ3) is 3.01. The van der Waals surface area contributed by atoms with Gasteiger partial charge in [0.15, 0.2) is 5.82 Å². The average molecular weight is 337 g/mol. The highest BCUT2D eigenvalue weighted by atomic mass is 79.9. The number of benzene rings is 1. The van der Waals surface area contributed by atoms with Crippen molar-refractivity contribution < 1.29 is 4.79 Å². The Morgan fingerprint density at radius 2 is 2.10 bits per heavy atom. The van der Waals surface area contributed by atoms with E-state index in [1.54, 1.807) is 18.2 Å². The maximum atomic E-state index is 12.2. The Morgan fingerprint density at radius 3 is 2.70 bits per heavy atom. The monoisotopic (exact) mass is 336 g/mol. The van der Waals surface area contributed by atoms with E-state index in [0.717, 1.165) is 5.69 Å². The molecular formula is C14H17BrN4O. The van der Waals surface area contributed by atoms with E-state index >= 15 is 0 Å². The molecule has 0 saturated carbocycles. The van der Waals surface area contributed by atoms with E-state index in [2.05, 4.69) is 52.2 Å². The van der Waals surface area contributed by atoms with E-state index in [4.69, 9.17) is 5.73 Å². The molecular weight excluding hydrogens is 320 g/mol. The molecule has 0 radical (unpaired) electrons. The van der Waals surface area contributed by atoms with Gasteiger partial charge in [-0.3, -0.25) is 9.89 Å². The predicted octanol–water partition coefficient (Wildman–Crippen LogP) is 3.30. The lowest BCUT2D eigenvalue weighted by Gasteiger charge is -2.14. The molecule has 4 N–H and O–H groups in total. The van der Waals surface area contributed by atoms with Crippen molar-refractivity contribution in [3.05, 3.63) is 40.0 Å². The Hall–Kier alpha value is -1.82. The van der Waals surface area contributed by atoms with Gasteiger partial charge in [-0.2, -0.15) is 5.10 Å². The van der Waals surface area contributed by atoms with Crippen LogP contribution in [0.1, 0.15) is 36.8 Å². The number of rotatable bonds is 2. The van der Waals surface area contributed by atoms with Crippen LogP contribution in [0.3, 0.4) is 0 Å². The topological polar surface area (TPSA) is 83.8 Å². The lowest BCUT2D eigenvalue weighted by molar-refractivity contribution is 0.102. The van der Waals surface area contributed by atoms with Crippen molar-refractivity contribution in [2.45, 2.75) is 26.2 Å². The molecule has 20 heavy (non-hydrogen) atoms. The first kappa shape index (κ1) is 14.6. The van der Waals surface area contributed by atoms with Crippen molar-refractivity contribution in [2.24, 2.45) is 0 Å². The van der Waals surface area contributed by atoms with E-state index in [9.17, 15) is 4.79 Å². The fourth-order valence-electron chi connectivity index (χ4n) is 1.68. The maximum Gasteiger partial charge on any atom is 0.258 e. The largest absolute Gasteiger partial charge is 0.398 e. The smallest absolute Gasteiger partial charge is 0.258 e. The first-order valence-corrected chi connectivity index (χ1v) is 6.99. The van der Waals surface area contributed by atoms with E-state index < -0.39 is 0 Å². The van der Waals surface area contributed by atoms with E-state index in [-0.39, 0.29) is 11.3 Å². The molecule has 0 atom stereocenters. The van der Waals surface area contributed by atoms with Gasteiger partial charge in [-0.05, 0) is 28.1 Å². The van der Waals surface area contributed by atoms with Crippen LogP contribution in [-0.4, -0.2) is 16.1 Å². The van der Waals surface area contributed by atoms with Gasteiger partial charge in [0.2, 0.25) is 0 Å². The minimum absolute atomic E-state index is 0.0479. The van der Waals surface area contributed by atoms with Crippen LogP contribution in [0, 0.1) is 0 Å². The van der Waals surface area contributed by atoms with E-state index in [1.807, 2.05) is 6.07 Å². The lowest BCUT2D eigenvalue weighted by Crippen LogP contribution is -2.13. The van der Waals surface area contributed by atoms with E-state index in [1.165, 1.54) is 0 Å². The van der Waals surface area contributed by atoms with Gasteiger partial charge in [-0.25, -0.2) is 0 Å². The summed E-state index contributed by atoms with van der Waals surface area (Å²) in [5.41, 5.74) is 7.67. The number of halogens is 1. The number of nitrogens with two attached hydrogens (primary N) is 1. The molecule has 1 aromatic heterocycles. The number of hydrogen-bond donors (Lipinski definition) is 3. The second kappa shape index (κ2) is 5.28. The number of nitrogen functional groups attached to an aromatic ring is 1. The molecule has 0 unspecified atom stereocenters. The van der Waals surface area contributed by atoms with Gasteiger partial charge < -0.3 is 11.1 Å². The standard InChI is InChI=1S/C14H17BrN4O/c1-14(2,3)10-7-11(19-18-10)17-13(20)8-5-4-6-9(16)12(8)15/h4-7H,16H2,1-3H3,(H2,17,18,19,20). The molecule has 0 aliphatic rings. The predicted molar refractivity (Wildman–Crippen MR) is 83.8 cm³/mol. The summed E-state index contributed by atoms with van der Waals surface area (Å²) in [5.74, 6) is 0.241. The third-order valence-electron chi connectivity index (χ3n) is 2.90. The number of carbonyl (C=O) groups is 1. The van der Waals surface area contributed by atoms with Crippen LogP contribution in [-0.2, 0) is 5.41 Å². The minimum atomic E-state index is -0.254. The van der Waals surface area contributed by atoms with Crippen molar-refractivity contribution in [3.63, 3.8) is 0 Å². The van der Waals surface area contributed by atoms with Crippen LogP contribution >= 0.6 is 15.9 Å². The summed E-state index contributed by atoms with van der Waals surface area (Å²) >= 11 is 3.32. The number of nitrogens with zero attached hydrogens (tertiary/aromatic N) is 1. The molecule has 106 valence electrons. The summed E-state index contributed by atoms with van der Waals surface area (Å²) < 4.78 is 0.587. The van der Waals surface area contributed by atoms with Crippen molar-refractivity contribution in [1.29, 1.82) is 0 Å². The third-order valence-corrected chi connectivity index (χ3v) is 3.79. The van der Waals surface area contributed by atoms with Gasteiger partial charge >= 0.3 is 0 Å². The van der Waals surface area contributed by atoms with Gasteiger partial charge in [0.05, 0.1) is 10.0 Å². The highest BCUT2D eigenvalue weighted by Gasteiger charge is 2.18. The molecule has 2 rings (SSSR count). The van der Waals surface area contributed by atoms with Crippen molar-refractivity contribution in [1.82, 2.24) is 10.2 Å². The van der Waals surface area contributed by atoms with Gasteiger partial charge in [-0.1, -0.05) is 26.8 Å². The fraction of sp³-hybridized carbons (Fsp3) is 0.286. The molecule has 0 aliphatic heterocycles. The Bertz CT molecular complexity index is 643. The first-order chi connectivity index (χ1) is 9.29. The lowest BCUT2D eigenvalue weighted by atomic mass is 9.92. The molecule has 0 bridgehead atoms. The number of aromatic nitrogens is 2. The summed E-state index contributed by atoms with van der Waals surface area (Å²) in [6, 6.07) is 7.00. The number of carbonyl (C=O) groups excluding carboxylic acids is 1. The number of hydrogen-bond acceptors (Lipinski definition) is 3. The van der Waals surface area contributed by atoms with Crippen LogP contribution < -0.4 is 11.1 Å². The average Bonchev–Trinajstić information content (AvgIpc) is 2.81. The van der Waals surface area contributed by atoms with Gasteiger partial charge in [0.1, 0.15) is 0 Å². The van der Waals surface area contributed by atoms with Crippen LogP contribution in [0.5, 0.6) is 0 Å². The molecule has 1 heterocycles. The SMILES string of the molecule is CC(C)(C)c1cc(NC(=O)c2cccc(N)c2Br)n[nH]1. The van der Waals surface area contributed by atoms with Gasteiger partial charge in [0, 0.05) is 22.9 Å². The number of nitrogens with one attached hydrogen (secondary N) is 2. The minimum Gasteiger partial charge on any atom is -0.398 e. The maximum absolute atomic E-state index is 12.2. The molecule has 1 aromatic carbocycles. The zero-order valence-electron chi connectivity index (χ0n) is 11.6. The molecule has 6 heteroatoms. The molecule has 0 saturated heterocycles. The number of H-pyrrole nitrogens is 1. The number of aromatic amines is 1. The summed E-state index contributed by atoms with van der Waals surface area (Å²) in [6.45, 7) is 6.21. The van der Waals surface area contributed by atoms with Gasteiger partial charge in [-0.15, -0.1) is 0 Å². The molecule has 0 fully saturated rings. The van der Waals surface area contributed by atoms with E-state index in [0.29, 0.717) is 21.5 Å². The molecule has 2 aromatic rings. The second-order valence-electron chi connectivity index (χ2n) is 5.58. The highest BCUT2D eigenvalue weighted by molar-refractivity contribution is 9.10. The summed E-state index contributed by atoms with van der Waals surface area (Å²) in [7, 11) is 0. The van der Waals surface area contributed by atoms with Gasteiger partial charge in [0.25, 0.3) is 5.91 Å². The first-order valence-electron chi connectivity index (χ1n) is 6.20. The normalized spacial score (nSPS) is 11.4. The quantitative estimate of drug-likeness (QED) is 0.735. The number of anilines is 2. The van der Waals surface area contributed by atoms with Crippen LogP contribution in [0.15, 0.2) is 28.7 Å².